The lowest BCUT2D eigenvalue weighted by Crippen LogP contribution is -2.45. The number of amides is 2. The third-order valence-electron chi connectivity index (χ3n) is 4.19. The molecule has 0 aliphatic carbocycles. The fourth-order valence-corrected chi connectivity index (χ4v) is 2.97. The Morgan fingerprint density at radius 3 is 2.65 bits per heavy atom. The van der Waals surface area contributed by atoms with E-state index < -0.39 is 6.10 Å². The smallest absolute Gasteiger partial charge is 0.251 e. The molecular formula is C18H25ClN2O5. The van der Waals surface area contributed by atoms with Crippen molar-refractivity contribution in [2.75, 3.05) is 33.4 Å². The van der Waals surface area contributed by atoms with Crippen molar-refractivity contribution in [2.24, 2.45) is 0 Å². The average molecular weight is 385 g/mol. The van der Waals surface area contributed by atoms with Crippen LogP contribution in [-0.2, 0) is 9.53 Å². The van der Waals surface area contributed by atoms with Crippen LogP contribution in [0.1, 0.15) is 30.1 Å². The second-order valence-corrected chi connectivity index (χ2v) is 6.62. The van der Waals surface area contributed by atoms with Crippen LogP contribution in [0.2, 0.25) is 5.02 Å². The average Bonchev–Trinajstić information content (AvgIpc) is 2.63. The molecule has 26 heavy (non-hydrogen) atoms. The minimum absolute atomic E-state index is 0.0630. The van der Waals surface area contributed by atoms with Crippen molar-refractivity contribution in [1.82, 2.24) is 10.2 Å². The minimum atomic E-state index is -0.982. The molecule has 7 nitrogen and oxygen atoms in total. The maximum atomic E-state index is 12.0. The number of halogens is 1. The summed E-state index contributed by atoms with van der Waals surface area (Å²) in [6.45, 7) is 3.40. The Hall–Kier alpha value is -1.83. The van der Waals surface area contributed by atoms with Crippen molar-refractivity contribution in [2.45, 2.75) is 32.0 Å². The molecule has 1 aromatic carbocycles. The third kappa shape index (κ3) is 5.59. The van der Waals surface area contributed by atoms with E-state index in [2.05, 4.69) is 5.32 Å². The number of ether oxygens (including phenoxy) is 2. The molecule has 2 amide bonds. The van der Waals surface area contributed by atoms with E-state index in [1.165, 1.54) is 6.92 Å². The summed E-state index contributed by atoms with van der Waals surface area (Å²) in [4.78, 5) is 25.4. The van der Waals surface area contributed by atoms with Gasteiger partial charge in [-0.05, 0) is 25.1 Å². The van der Waals surface area contributed by atoms with E-state index in [0.29, 0.717) is 55.4 Å². The van der Waals surface area contributed by atoms with E-state index in [-0.39, 0.29) is 17.9 Å². The van der Waals surface area contributed by atoms with Gasteiger partial charge in [-0.25, -0.2) is 0 Å². The zero-order valence-corrected chi connectivity index (χ0v) is 15.8. The molecule has 0 spiro atoms. The molecule has 1 aliphatic rings. The molecule has 1 aromatic rings. The Morgan fingerprint density at radius 1 is 1.38 bits per heavy atom. The van der Waals surface area contributed by atoms with Gasteiger partial charge in [0.05, 0.1) is 11.6 Å². The van der Waals surface area contributed by atoms with Crippen LogP contribution in [0.5, 0.6) is 5.75 Å². The molecule has 1 fully saturated rings. The highest BCUT2D eigenvalue weighted by atomic mass is 35.5. The molecule has 0 unspecified atom stereocenters. The first-order valence-electron chi connectivity index (χ1n) is 8.62. The zero-order valence-electron chi connectivity index (χ0n) is 15.0. The van der Waals surface area contributed by atoms with Gasteiger partial charge in [0.25, 0.3) is 11.8 Å². The first-order chi connectivity index (χ1) is 12.4. The summed E-state index contributed by atoms with van der Waals surface area (Å²) in [5.74, 6) is 0.0335. The van der Waals surface area contributed by atoms with Crippen molar-refractivity contribution in [1.29, 1.82) is 0 Å². The number of hydrogen-bond acceptors (Lipinski definition) is 5. The van der Waals surface area contributed by atoms with Crippen LogP contribution in [-0.4, -0.2) is 67.4 Å². The van der Waals surface area contributed by atoms with Crippen molar-refractivity contribution >= 4 is 23.4 Å². The lowest BCUT2D eigenvalue weighted by Gasteiger charge is -2.33. The lowest BCUT2D eigenvalue weighted by atomic mass is 10.1. The van der Waals surface area contributed by atoms with Gasteiger partial charge in [-0.3, -0.25) is 9.59 Å². The van der Waals surface area contributed by atoms with Gasteiger partial charge in [0.15, 0.2) is 0 Å². The number of hydrogen-bond donors (Lipinski definition) is 2. The van der Waals surface area contributed by atoms with Crippen LogP contribution >= 0.6 is 11.6 Å². The molecule has 1 saturated heterocycles. The van der Waals surface area contributed by atoms with E-state index in [1.807, 2.05) is 0 Å². The number of piperidine rings is 1. The number of aliphatic hydroxyl groups excluding tert-OH is 1. The summed E-state index contributed by atoms with van der Waals surface area (Å²) in [7, 11) is 1.57. The Kier molecular flexibility index (Phi) is 7.68. The van der Waals surface area contributed by atoms with Crippen LogP contribution < -0.4 is 10.1 Å². The van der Waals surface area contributed by atoms with Gasteiger partial charge in [0, 0.05) is 45.1 Å². The van der Waals surface area contributed by atoms with Crippen molar-refractivity contribution in [3.05, 3.63) is 28.8 Å². The molecule has 144 valence electrons. The van der Waals surface area contributed by atoms with Gasteiger partial charge >= 0.3 is 0 Å². The van der Waals surface area contributed by atoms with E-state index in [4.69, 9.17) is 21.1 Å². The highest BCUT2D eigenvalue weighted by Crippen LogP contribution is 2.28. The maximum Gasteiger partial charge on any atom is 0.251 e. The Bertz CT molecular complexity index is 630. The van der Waals surface area contributed by atoms with Crippen LogP contribution in [0.15, 0.2) is 18.2 Å². The number of carbonyl (C=O) groups is 2. The summed E-state index contributed by atoms with van der Waals surface area (Å²) in [5, 5.41) is 12.5. The lowest BCUT2D eigenvalue weighted by molar-refractivity contribution is -0.141. The van der Waals surface area contributed by atoms with Crippen molar-refractivity contribution in [3.63, 3.8) is 0 Å². The van der Waals surface area contributed by atoms with Crippen LogP contribution in [0.25, 0.3) is 0 Å². The van der Waals surface area contributed by atoms with Gasteiger partial charge in [-0.1, -0.05) is 11.6 Å². The highest BCUT2D eigenvalue weighted by molar-refractivity contribution is 6.32. The number of methoxy groups -OCH3 is 1. The van der Waals surface area contributed by atoms with Gasteiger partial charge in [0.2, 0.25) is 0 Å². The van der Waals surface area contributed by atoms with E-state index in [1.54, 1.807) is 30.2 Å². The number of aliphatic hydroxyl groups is 1. The van der Waals surface area contributed by atoms with Gasteiger partial charge in [0.1, 0.15) is 18.0 Å². The van der Waals surface area contributed by atoms with Gasteiger partial charge in [-0.15, -0.1) is 0 Å². The van der Waals surface area contributed by atoms with Crippen LogP contribution in [0.4, 0.5) is 0 Å². The first-order valence-corrected chi connectivity index (χ1v) is 9.00. The second-order valence-electron chi connectivity index (χ2n) is 6.21. The monoisotopic (exact) mass is 384 g/mol. The third-order valence-corrected chi connectivity index (χ3v) is 4.49. The molecule has 0 aromatic heterocycles. The number of nitrogens with one attached hydrogen (secondary N) is 1. The summed E-state index contributed by atoms with van der Waals surface area (Å²) in [6, 6.07) is 4.92. The fourth-order valence-electron chi connectivity index (χ4n) is 2.74. The van der Waals surface area contributed by atoms with Crippen molar-refractivity contribution < 1.29 is 24.2 Å². The number of likely N-dealkylation sites (tertiary alicyclic amines) is 1. The molecule has 0 bridgehead atoms. The van der Waals surface area contributed by atoms with Crippen LogP contribution in [0.3, 0.4) is 0 Å². The molecule has 0 radical (unpaired) electrons. The predicted octanol–water partition coefficient (Wildman–Crippen LogP) is 1.47. The SMILES string of the molecule is COCCNC(=O)c1ccc(OC2CCN(C(=O)[C@H](C)O)CC2)c(Cl)c1. The molecule has 1 atom stereocenters. The van der Waals surface area contributed by atoms with Gasteiger partial charge < -0.3 is 24.8 Å². The second kappa shape index (κ2) is 9.75. The summed E-state index contributed by atoms with van der Waals surface area (Å²) < 4.78 is 10.8. The first kappa shape index (κ1) is 20.5. The van der Waals surface area contributed by atoms with E-state index in [0.717, 1.165) is 0 Å². The number of benzene rings is 1. The van der Waals surface area contributed by atoms with Gasteiger partial charge in [-0.2, -0.15) is 0 Å². The predicted molar refractivity (Wildman–Crippen MR) is 97.6 cm³/mol. The molecular weight excluding hydrogens is 360 g/mol. The zero-order chi connectivity index (χ0) is 19.1. The topological polar surface area (TPSA) is 88.1 Å². The summed E-state index contributed by atoms with van der Waals surface area (Å²) >= 11 is 6.25. The molecule has 8 heteroatoms. The maximum absolute atomic E-state index is 12.0. The number of nitrogens with zero attached hydrogens (tertiary/aromatic N) is 1. The number of carbonyl (C=O) groups excluding carboxylic acids is 2. The van der Waals surface area contributed by atoms with E-state index >= 15 is 0 Å². The Labute approximate surface area is 158 Å². The van der Waals surface area contributed by atoms with E-state index in [9.17, 15) is 14.7 Å². The molecule has 1 aliphatic heterocycles. The largest absolute Gasteiger partial charge is 0.489 e. The highest BCUT2D eigenvalue weighted by Gasteiger charge is 2.26. The standard InChI is InChI=1S/C18H25ClN2O5/c1-12(22)18(24)21-8-5-14(6-9-21)26-16-4-3-13(11-15(16)19)17(23)20-7-10-25-2/h3-4,11-12,14,22H,5-10H2,1-2H3,(H,20,23)/t12-/m0/s1. The fraction of sp³-hybridized carbons (Fsp3) is 0.556. The molecule has 0 saturated carbocycles. The molecule has 1 heterocycles. The quantitative estimate of drug-likeness (QED) is 0.695. The number of rotatable bonds is 7. The summed E-state index contributed by atoms with van der Waals surface area (Å²) in [5.41, 5.74) is 0.454. The van der Waals surface area contributed by atoms with Crippen molar-refractivity contribution in [3.8, 4) is 5.75 Å². The molecule has 2 N–H and O–H groups in total. The molecule has 2 rings (SSSR count). The van der Waals surface area contributed by atoms with Crippen LogP contribution in [0, 0.1) is 0 Å². The normalized spacial score (nSPS) is 16.2. The Morgan fingerprint density at radius 2 is 2.08 bits per heavy atom. The summed E-state index contributed by atoms with van der Waals surface area (Å²) in [6.07, 6.45) is 0.277. The Balaban J connectivity index is 1.89. The minimum Gasteiger partial charge on any atom is -0.489 e.